The highest BCUT2D eigenvalue weighted by atomic mass is 35.5. The Bertz CT molecular complexity index is 816. The van der Waals surface area contributed by atoms with Crippen LogP contribution >= 0.6 is 22.9 Å². The van der Waals surface area contributed by atoms with Gasteiger partial charge in [0.1, 0.15) is 0 Å². The van der Waals surface area contributed by atoms with E-state index in [9.17, 15) is 13.2 Å². The predicted octanol–water partition coefficient (Wildman–Crippen LogP) is 2.99. The van der Waals surface area contributed by atoms with Crippen LogP contribution in [-0.2, 0) is 21.4 Å². The molecule has 0 spiro atoms. The van der Waals surface area contributed by atoms with Crippen LogP contribution in [0.15, 0.2) is 41.3 Å². The topological polar surface area (TPSA) is 57.7 Å². The van der Waals surface area contributed by atoms with Gasteiger partial charge in [-0.15, -0.1) is 11.3 Å². The first-order valence-corrected chi connectivity index (χ1v) is 9.85. The van der Waals surface area contributed by atoms with Gasteiger partial charge in [0, 0.05) is 19.0 Å². The van der Waals surface area contributed by atoms with Crippen LogP contribution in [-0.4, -0.2) is 44.2 Å². The van der Waals surface area contributed by atoms with Gasteiger partial charge in [0.25, 0.3) is 0 Å². The number of carbonyl (C=O) groups is 1. The van der Waals surface area contributed by atoms with E-state index in [4.69, 9.17) is 11.6 Å². The summed E-state index contributed by atoms with van der Waals surface area (Å²) >= 11 is 7.27. The van der Waals surface area contributed by atoms with Gasteiger partial charge < -0.3 is 4.90 Å². The molecule has 0 bridgehead atoms. The molecule has 2 rings (SSSR count). The first kappa shape index (κ1) is 18.9. The Balaban J connectivity index is 2.03. The third-order valence-electron chi connectivity index (χ3n) is 3.53. The molecule has 0 aliphatic heterocycles. The van der Waals surface area contributed by atoms with E-state index >= 15 is 0 Å². The van der Waals surface area contributed by atoms with Crippen LogP contribution in [0.5, 0.6) is 0 Å². The van der Waals surface area contributed by atoms with Crippen molar-refractivity contribution in [3.05, 3.63) is 51.2 Å². The third kappa shape index (κ3) is 4.57. The molecule has 8 heteroatoms. The molecular formula is C16H19ClN2O3S2. The Hall–Kier alpha value is -1.41. The smallest absolute Gasteiger partial charge is 0.243 e. The number of likely N-dealkylation sites (N-methyl/N-ethyl adjacent to an activating group) is 2. The summed E-state index contributed by atoms with van der Waals surface area (Å²) in [7, 11) is -0.639. The summed E-state index contributed by atoms with van der Waals surface area (Å²) < 4.78 is 26.7. The standard InChI is InChI=1S/C16H19ClN2O3S2/c1-12-4-7-14(8-5-12)24(21,22)19(3)11-16(20)18(2)10-13-6-9-15(17)23-13/h4-9H,10-11H2,1-3H3. The Kier molecular flexibility index (Phi) is 6.03. The van der Waals surface area contributed by atoms with Crippen LogP contribution in [0.3, 0.4) is 0 Å². The molecule has 130 valence electrons. The summed E-state index contributed by atoms with van der Waals surface area (Å²) in [6.07, 6.45) is 0. The van der Waals surface area contributed by atoms with Gasteiger partial charge in [-0.25, -0.2) is 8.42 Å². The fraction of sp³-hybridized carbons (Fsp3) is 0.312. The summed E-state index contributed by atoms with van der Waals surface area (Å²) in [4.78, 5) is 14.9. The van der Waals surface area contributed by atoms with Crippen molar-refractivity contribution in [2.75, 3.05) is 20.6 Å². The van der Waals surface area contributed by atoms with E-state index in [1.807, 2.05) is 13.0 Å². The van der Waals surface area contributed by atoms with Crippen molar-refractivity contribution in [3.63, 3.8) is 0 Å². The van der Waals surface area contributed by atoms with Crippen molar-refractivity contribution in [3.8, 4) is 0 Å². The molecule has 0 aliphatic carbocycles. The number of rotatable bonds is 6. The molecule has 0 N–H and O–H groups in total. The van der Waals surface area contributed by atoms with Gasteiger partial charge in [0.15, 0.2) is 0 Å². The molecule has 1 aromatic heterocycles. The molecule has 1 aromatic carbocycles. The van der Waals surface area contributed by atoms with Crippen LogP contribution in [0.4, 0.5) is 0 Å². The van der Waals surface area contributed by atoms with E-state index in [0.717, 1.165) is 14.7 Å². The average Bonchev–Trinajstić information content (AvgIpc) is 2.92. The second-order valence-corrected chi connectivity index (χ2v) is 9.37. The van der Waals surface area contributed by atoms with Gasteiger partial charge in [-0.3, -0.25) is 4.79 Å². The van der Waals surface area contributed by atoms with E-state index in [-0.39, 0.29) is 17.3 Å². The maximum Gasteiger partial charge on any atom is 0.243 e. The number of benzene rings is 1. The van der Waals surface area contributed by atoms with Crippen LogP contribution in [0.1, 0.15) is 10.4 Å². The molecule has 0 aliphatic rings. The summed E-state index contributed by atoms with van der Waals surface area (Å²) in [5, 5.41) is 0. The van der Waals surface area contributed by atoms with Gasteiger partial charge in [-0.2, -0.15) is 4.31 Å². The maximum atomic E-state index is 12.5. The highest BCUT2D eigenvalue weighted by molar-refractivity contribution is 7.89. The molecule has 0 fully saturated rings. The zero-order chi connectivity index (χ0) is 17.9. The number of carbonyl (C=O) groups excluding carboxylic acids is 1. The number of halogens is 1. The molecule has 5 nitrogen and oxygen atoms in total. The Morgan fingerprint density at radius 3 is 2.29 bits per heavy atom. The molecule has 2 aromatic rings. The zero-order valence-electron chi connectivity index (χ0n) is 13.7. The van der Waals surface area contributed by atoms with Crippen molar-refractivity contribution in [2.45, 2.75) is 18.4 Å². The third-order valence-corrected chi connectivity index (χ3v) is 6.57. The molecule has 1 heterocycles. The Labute approximate surface area is 151 Å². The number of nitrogens with zero attached hydrogens (tertiary/aromatic N) is 2. The van der Waals surface area contributed by atoms with Crippen molar-refractivity contribution in [1.29, 1.82) is 0 Å². The molecule has 0 atom stereocenters. The quantitative estimate of drug-likeness (QED) is 0.766. The second kappa shape index (κ2) is 7.65. The lowest BCUT2D eigenvalue weighted by Gasteiger charge is -2.21. The lowest BCUT2D eigenvalue weighted by atomic mass is 10.2. The maximum absolute atomic E-state index is 12.5. The van der Waals surface area contributed by atoms with Crippen LogP contribution < -0.4 is 0 Å². The van der Waals surface area contributed by atoms with Crippen molar-refractivity contribution in [2.24, 2.45) is 0 Å². The largest absolute Gasteiger partial charge is 0.339 e. The van der Waals surface area contributed by atoms with Gasteiger partial charge in [-0.05, 0) is 31.2 Å². The van der Waals surface area contributed by atoms with Gasteiger partial charge in [0.2, 0.25) is 15.9 Å². The van der Waals surface area contributed by atoms with E-state index < -0.39 is 10.0 Å². The SMILES string of the molecule is Cc1ccc(S(=O)(=O)N(C)CC(=O)N(C)Cc2ccc(Cl)s2)cc1. The van der Waals surface area contributed by atoms with Crippen LogP contribution in [0, 0.1) is 6.92 Å². The van der Waals surface area contributed by atoms with E-state index in [1.165, 1.54) is 23.3 Å². The number of sulfonamides is 1. The fourth-order valence-electron chi connectivity index (χ4n) is 2.05. The number of hydrogen-bond acceptors (Lipinski definition) is 4. The summed E-state index contributed by atoms with van der Waals surface area (Å²) in [5.74, 6) is -0.280. The fourth-order valence-corrected chi connectivity index (χ4v) is 4.31. The van der Waals surface area contributed by atoms with E-state index in [1.54, 1.807) is 37.4 Å². The minimum Gasteiger partial charge on any atom is -0.339 e. The molecule has 0 radical (unpaired) electrons. The van der Waals surface area contributed by atoms with Crippen LogP contribution in [0.25, 0.3) is 0 Å². The molecule has 1 amide bonds. The van der Waals surface area contributed by atoms with Gasteiger partial charge in [0.05, 0.1) is 22.3 Å². The van der Waals surface area contributed by atoms with Crippen molar-refractivity contribution in [1.82, 2.24) is 9.21 Å². The Morgan fingerprint density at radius 2 is 1.75 bits per heavy atom. The van der Waals surface area contributed by atoms with Gasteiger partial charge >= 0.3 is 0 Å². The number of aryl methyl sites for hydroxylation is 1. The van der Waals surface area contributed by atoms with Crippen LogP contribution in [0.2, 0.25) is 4.34 Å². The molecular weight excluding hydrogens is 368 g/mol. The minimum atomic E-state index is -3.69. The van der Waals surface area contributed by atoms with E-state index in [0.29, 0.717) is 10.9 Å². The van der Waals surface area contributed by atoms with Gasteiger partial charge in [-0.1, -0.05) is 29.3 Å². The highest BCUT2D eigenvalue weighted by Gasteiger charge is 2.24. The van der Waals surface area contributed by atoms with E-state index in [2.05, 4.69) is 0 Å². The van der Waals surface area contributed by atoms with Crippen molar-refractivity contribution >= 4 is 38.9 Å². The monoisotopic (exact) mass is 386 g/mol. The highest BCUT2D eigenvalue weighted by Crippen LogP contribution is 2.22. The average molecular weight is 387 g/mol. The molecule has 0 saturated carbocycles. The number of thiophene rings is 1. The predicted molar refractivity (Wildman–Crippen MR) is 96.8 cm³/mol. The number of amides is 1. The zero-order valence-corrected chi connectivity index (χ0v) is 16.1. The first-order valence-electron chi connectivity index (χ1n) is 7.21. The Morgan fingerprint density at radius 1 is 1.12 bits per heavy atom. The minimum absolute atomic E-state index is 0.177. The molecule has 24 heavy (non-hydrogen) atoms. The number of hydrogen-bond donors (Lipinski definition) is 0. The summed E-state index contributed by atoms with van der Waals surface area (Å²) in [5.41, 5.74) is 0.974. The second-order valence-electron chi connectivity index (χ2n) is 5.53. The normalized spacial score (nSPS) is 11.7. The summed E-state index contributed by atoms with van der Waals surface area (Å²) in [6.45, 7) is 2.07. The lowest BCUT2D eigenvalue weighted by molar-refractivity contribution is -0.130. The lowest BCUT2D eigenvalue weighted by Crippen LogP contribution is -2.39. The first-order chi connectivity index (χ1) is 11.2. The summed E-state index contributed by atoms with van der Waals surface area (Å²) in [6, 6.07) is 10.2. The molecule has 0 unspecified atom stereocenters. The molecule has 0 saturated heterocycles. The van der Waals surface area contributed by atoms with Crippen molar-refractivity contribution < 1.29 is 13.2 Å².